The van der Waals surface area contributed by atoms with E-state index in [4.69, 9.17) is 5.73 Å². The maximum Gasteiger partial charge on any atom is 0.332 e. The minimum absolute atomic E-state index is 0.184. The zero-order valence-corrected chi connectivity index (χ0v) is 14.9. The van der Waals surface area contributed by atoms with Gasteiger partial charge in [0, 0.05) is 12.6 Å². The molecule has 2 N–H and O–H groups in total. The lowest BCUT2D eigenvalue weighted by Gasteiger charge is -2.20. The molecule has 0 aromatic heterocycles. The van der Waals surface area contributed by atoms with E-state index in [-0.39, 0.29) is 23.4 Å². The predicted molar refractivity (Wildman–Crippen MR) is 96.5 cm³/mol. The number of benzene rings is 1. The van der Waals surface area contributed by atoms with E-state index in [1.807, 2.05) is 12.1 Å². The Bertz CT molecular complexity index is 696. The summed E-state index contributed by atoms with van der Waals surface area (Å²) in [5.41, 5.74) is 8.27. The van der Waals surface area contributed by atoms with E-state index in [9.17, 15) is 9.59 Å². The van der Waals surface area contributed by atoms with Gasteiger partial charge in [-0.15, -0.1) is 0 Å². The lowest BCUT2D eigenvalue weighted by Crippen LogP contribution is -2.41. The standard InChI is InChI=1S/C19H26N4O2/c1-21(2)12-10-19(8-9-19)13-3-5-14(6-4-13)23-17(24)16-15(20)7-11-22(16)18(23)25/h3-6,15-16H,7-12,20H2,1-2H3/t15-,16+/m1/s1. The van der Waals surface area contributed by atoms with Crippen molar-refractivity contribution in [3.05, 3.63) is 29.8 Å². The van der Waals surface area contributed by atoms with Crippen molar-refractivity contribution in [1.82, 2.24) is 9.80 Å². The topological polar surface area (TPSA) is 69.9 Å². The van der Waals surface area contributed by atoms with Crippen LogP contribution in [-0.4, -0.2) is 61.0 Å². The van der Waals surface area contributed by atoms with Gasteiger partial charge in [0.05, 0.1) is 5.69 Å². The van der Waals surface area contributed by atoms with Crippen molar-refractivity contribution in [3.8, 4) is 0 Å². The molecule has 3 aliphatic rings. The number of imide groups is 1. The van der Waals surface area contributed by atoms with Crippen molar-refractivity contribution in [3.63, 3.8) is 0 Å². The highest BCUT2D eigenvalue weighted by Gasteiger charge is 2.52. The van der Waals surface area contributed by atoms with Crippen molar-refractivity contribution < 1.29 is 9.59 Å². The van der Waals surface area contributed by atoms with E-state index in [0.29, 0.717) is 18.7 Å². The second-order valence-corrected chi connectivity index (χ2v) is 7.93. The van der Waals surface area contributed by atoms with Gasteiger partial charge in [-0.2, -0.15) is 0 Å². The van der Waals surface area contributed by atoms with Gasteiger partial charge >= 0.3 is 6.03 Å². The Morgan fingerprint density at radius 1 is 1.20 bits per heavy atom. The minimum Gasteiger partial charge on any atom is -0.325 e. The number of carbonyl (C=O) groups is 2. The third-order valence-electron chi connectivity index (χ3n) is 5.98. The van der Waals surface area contributed by atoms with Gasteiger partial charge in [-0.25, -0.2) is 9.69 Å². The molecule has 1 aliphatic carbocycles. The molecule has 1 saturated carbocycles. The van der Waals surface area contributed by atoms with Crippen molar-refractivity contribution in [2.45, 2.75) is 43.2 Å². The fourth-order valence-electron chi connectivity index (χ4n) is 4.18. The smallest absolute Gasteiger partial charge is 0.325 e. The van der Waals surface area contributed by atoms with E-state index < -0.39 is 6.04 Å². The van der Waals surface area contributed by atoms with Crippen LogP contribution >= 0.6 is 0 Å². The summed E-state index contributed by atoms with van der Waals surface area (Å²) in [6, 6.07) is 7.03. The molecule has 2 saturated heterocycles. The molecule has 2 heterocycles. The summed E-state index contributed by atoms with van der Waals surface area (Å²) in [6.45, 7) is 1.64. The third kappa shape index (κ3) is 2.64. The zero-order valence-electron chi connectivity index (χ0n) is 14.9. The van der Waals surface area contributed by atoms with E-state index in [1.165, 1.54) is 23.3 Å². The van der Waals surface area contributed by atoms with Gasteiger partial charge < -0.3 is 15.5 Å². The summed E-state index contributed by atoms with van der Waals surface area (Å²) < 4.78 is 0. The van der Waals surface area contributed by atoms with E-state index in [1.54, 1.807) is 4.90 Å². The minimum atomic E-state index is -0.484. The monoisotopic (exact) mass is 342 g/mol. The lowest BCUT2D eigenvalue weighted by molar-refractivity contribution is -0.119. The molecule has 0 radical (unpaired) electrons. The van der Waals surface area contributed by atoms with Gasteiger partial charge in [-0.1, -0.05) is 12.1 Å². The molecule has 25 heavy (non-hydrogen) atoms. The maximum absolute atomic E-state index is 12.7. The van der Waals surface area contributed by atoms with Gasteiger partial charge in [0.2, 0.25) is 0 Å². The first-order valence-corrected chi connectivity index (χ1v) is 9.08. The van der Waals surface area contributed by atoms with Gasteiger partial charge in [0.25, 0.3) is 5.91 Å². The molecular weight excluding hydrogens is 316 g/mol. The number of anilines is 1. The first-order valence-electron chi connectivity index (χ1n) is 9.08. The average molecular weight is 342 g/mol. The molecule has 4 rings (SSSR count). The molecule has 0 unspecified atom stereocenters. The van der Waals surface area contributed by atoms with Crippen molar-refractivity contribution >= 4 is 17.6 Å². The molecule has 134 valence electrons. The Hall–Kier alpha value is -1.92. The van der Waals surface area contributed by atoms with Crippen LogP contribution < -0.4 is 10.6 Å². The predicted octanol–water partition coefficient (Wildman–Crippen LogP) is 1.54. The number of amides is 3. The molecule has 3 amide bonds. The number of hydrogen-bond acceptors (Lipinski definition) is 4. The summed E-state index contributed by atoms with van der Waals surface area (Å²) in [6.07, 6.45) is 4.27. The number of rotatable bonds is 5. The van der Waals surface area contributed by atoms with Crippen LogP contribution in [0.5, 0.6) is 0 Å². The average Bonchev–Trinajstić information content (AvgIpc) is 3.22. The fraction of sp³-hybridized carbons (Fsp3) is 0.579. The highest BCUT2D eigenvalue weighted by molar-refractivity contribution is 6.21. The van der Waals surface area contributed by atoms with Crippen molar-refractivity contribution in [2.75, 3.05) is 32.1 Å². The Balaban J connectivity index is 1.53. The van der Waals surface area contributed by atoms with Crippen LogP contribution in [0.1, 0.15) is 31.2 Å². The van der Waals surface area contributed by atoms with Crippen LogP contribution in [0.15, 0.2) is 24.3 Å². The highest BCUT2D eigenvalue weighted by Crippen LogP contribution is 2.51. The Kier molecular flexibility index (Phi) is 3.85. The summed E-state index contributed by atoms with van der Waals surface area (Å²) in [4.78, 5) is 30.4. The van der Waals surface area contributed by atoms with Gasteiger partial charge in [0.1, 0.15) is 6.04 Å². The van der Waals surface area contributed by atoms with Gasteiger partial charge in [0.15, 0.2) is 0 Å². The zero-order chi connectivity index (χ0) is 17.8. The van der Waals surface area contributed by atoms with Crippen LogP contribution in [-0.2, 0) is 10.2 Å². The van der Waals surface area contributed by atoms with Crippen molar-refractivity contribution in [2.24, 2.45) is 5.73 Å². The first-order chi connectivity index (χ1) is 11.9. The summed E-state index contributed by atoms with van der Waals surface area (Å²) >= 11 is 0. The van der Waals surface area contributed by atoms with Crippen molar-refractivity contribution in [1.29, 1.82) is 0 Å². The van der Waals surface area contributed by atoms with Crippen LogP contribution in [0.25, 0.3) is 0 Å². The fourth-order valence-corrected chi connectivity index (χ4v) is 4.18. The third-order valence-corrected chi connectivity index (χ3v) is 5.98. The largest absolute Gasteiger partial charge is 0.332 e. The van der Waals surface area contributed by atoms with Crippen LogP contribution in [0.4, 0.5) is 10.5 Å². The molecule has 1 aromatic rings. The summed E-state index contributed by atoms with van der Waals surface area (Å²) in [5, 5.41) is 0. The number of carbonyl (C=O) groups excluding carboxylic acids is 2. The number of hydrogen-bond donors (Lipinski definition) is 1. The van der Waals surface area contributed by atoms with E-state index in [2.05, 4.69) is 31.1 Å². The number of urea groups is 1. The molecule has 2 atom stereocenters. The molecular formula is C19H26N4O2. The van der Waals surface area contributed by atoms with E-state index in [0.717, 1.165) is 13.0 Å². The molecule has 6 heteroatoms. The van der Waals surface area contributed by atoms with Crippen LogP contribution in [0.3, 0.4) is 0 Å². The van der Waals surface area contributed by atoms with Gasteiger partial charge in [-0.05, 0) is 69.4 Å². The first kappa shape index (κ1) is 16.5. The summed E-state index contributed by atoms with van der Waals surface area (Å²) in [7, 11) is 4.20. The molecule has 1 aromatic carbocycles. The normalized spacial score (nSPS) is 27.4. The van der Waals surface area contributed by atoms with Gasteiger partial charge in [-0.3, -0.25) is 4.79 Å². The molecule has 2 aliphatic heterocycles. The number of nitrogens with zero attached hydrogens (tertiary/aromatic N) is 3. The quantitative estimate of drug-likeness (QED) is 0.824. The van der Waals surface area contributed by atoms with Crippen LogP contribution in [0, 0.1) is 0 Å². The maximum atomic E-state index is 12.7. The van der Waals surface area contributed by atoms with Crippen LogP contribution in [0.2, 0.25) is 0 Å². The Labute approximate surface area is 148 Å². The second-order valence-electron chi connectivity index (χ2n) is 7.93. The number of nitrogens with two attached hydrogens (primary N) is 1. The number of fused-ring (bicyclic) bond motifs is 1. The Morgan fingerprint density at radius 3 is 2.44 bits per heavy atom. The lowest BCUT2D eigenvalue weighted by atomic mass is 9.92. The Morgan fingerprint density at radius 2 is 1.88 bits per heavy atom. The molecule has 6 nitrogen and oxygen atoms in total. The summed E-state index contributed by atoms with van der Waals surface area (Å²) in [5.74, 6) is -0.184. The SMILES string of the molecule is CN(C)CCC1(c2ccc(N3C(=O)[C@@H]4[C@H](N)CCN4C3=O)cc2)CC1. The molecule has 0 bridgehead atoms. The second kappa shape index (κ2) is 5.81. The molecule has 0 spiro atoms. The molecule has 3 fully saturated rings. The highest BCUT2D eigenvalue weighted by atomic mass is 16.2. The van der Waals surface area contributed by atoms with E-state index >= 15 is 0 Å².